The first-order valence-electron chi connectivity index (χ1n) is 8.30. The molecule has 0 aromatic carbocycles. The predicted octanol–water partition coefficient (Wildman–Crippen LogP) is 1.23. The summed E-state index contributed by atoms with van der Waals surface area (Å²) >= 11 is 0. The number of halogens is 2. The quantitative estimate of drug-likeness (QED) is 0.286. The highest BCUT2D eigenvalue weighted by molar-refractivity contribution is 6.12. The minimum absolute atomic E-state index is 0.0723. The highest BCUT2D eigenvalue weighted by Gasteiger charge is 2.44. The molecule has 0 radical (unpaired) electrons. The number of allylic oxidation sites excluding steroid dienone is 1. The average molecular weight is 366 g/mol. The zero-order valence-corrected chi connectivity index (χ0v) is 14.7. The van der Waals surface area contributed by atoms with E-state index in [2.05, 4.69) is 21.3 Å². The van der Waals surface area contributed by atoms with Crippen LogP contribution >= 0.6 is 0 Å². The van der Waals surface area contributed by atoms with Gasteiger partial charge in [-0.25, -0.2) is 8.78 Å². The van der Waals surface area contributed by atoms with Crippen LogP contribution < -0.4 is 21.3 Å². The Morgan fingerprint density at radius 3 is 2.62 bits per heavy atom. The van der Waals surface area contributed by atoms with Crippen LogP contribution in [0.1, 0.15) is 19.8 Å². The van der Waals surface area contributed by atoms with Crippen molar-refractivity contribution in [3.05, 3.63) is 34.9 Å². The number of nitrogens with one attached hydrogen (secondary N) is 6. The Labute approximate surface area is 151 Å². The van der Waals surface area contributed by atoms with Gasteiger partial charge in [0.25, 0.3) is 12.3 Å². The molecule has 0 aromatic rings. The van der Waals surface area contributed by atoms with E-state index in [1.54, 1.807) is 13.2 Å². The summed E-state index contributed by atoms with van der Waals surface area (Å²) in [6, 6.07) is 0. The van der Waals surface area contributed by atoms with Crippen molar-refractivity contribution < 1.29 is 13.6 Å². The molecule has 1 atom stereocenters. The van der Waals surface area contributed by atoms with Crippen LogP contribution in [0.4, 0.5) is 8.78 Å². The van der Waals surface area contributed by atoms with Crippen molar-refractivity contribution in [1.82, 2.24) is 21.3 Å². The third-order valence-electron chi connectivity index (χ3n) is 4.41. The zero-order chi connectivity index (χ0) is 19.3. The zero-order valence-electron chi connectivity index (χ0n) is 14.7. The Hall–Kier alpha value is -2.71. The summed E-state index contributed by atoms with van der Waals surface area (Å²) in [5.41, 5.74) is -0.504. The van der Waals surface area contributed by atoms with Gasteiger partial charge in [-0.15, -0.1) is 0 Å². The molecule has 2 rings (SSSR count). The number of hydrogen-bond acceptors (Lipinski definition) is 6. The Bertz CT molecular complexity index is 681. The first-order chi connectivity index (χ1) is 12.3. The third-order valence-corrected chi connectivity index (χ3v) is 4.41. The van der Waals surface area contributed by atoms with Crippen LogP contribution in [0.5, 0.6) is 0 Å². The van der Waals surface area contributed by atoms with Crippen molar-refractivity contribution in [2.24, 2.45) is 5.92 Å². The van der Waals surface area contributed by atoms with E-state index in [1.807, 2.05) is 6.92 Å². The summed E-state index contributed by atoms with van der Waals surface area (Å²) in [6.45, 7) is 1.89. The normalized spacial score (nSPS) is 24.8. The molecule has 1 amide bonds. The lowest BCUT2D eigenvalue weighted by atomic mass is 9.92. The molecule has 6 N–H and O–H groups in total. The molecule has 9 heteroatoms. The summed E-state index contributed by atoms with van der Waals surface area (Å²) in [4.78, 5) is 12.4. The molecule has 1 fully saturated rings. The molecule has 0 saturated heterocycles. The van der Waals surface area contributed by atoms with Gasteiger partial charge in [-0.3, -0.25) is 4.79 Å². The van der Waals surface area contributed by atoms with Gasteiger partial charge in [-0.05, 0) is 31.8 Å². The highest BCUT2D eigenvalue weighted by Crippen LogP contribution is 2.42. The largest absolute Gasteiger partial charge is 0.394 e. The summed E-state index contributed by atoms with van der Waals surface area (Å²) in [7, 11) is 1.67. The molecule has 1 unspecified atom stereocenters. The molecular formula is C17H24F2N6O. The summed E-state index contributed by atoms with van der Waals surface area (Å²) in [5, 5.41) is 25.8. The Kier molecular flexibility index (Phi) is 6.12. The van der Waals surface area contributed by atoms with Crippen LogP contribution in [-0.2, 0) is 4.79 Å². The molecule has 0 spiro atoms. The molecule has 7 nitrogen and oxygen atoms in total. The predicted molar refractivity (Wildman–Crippen MR) is 96.2 cm³/mol. The van der Waals surface area contributed by atoms with Crippen molar-refractivity contribution in [1.29, 1.82) is 10.8 Å². The van der Waals surface area contributed by atoms with Gasteiger partial charge in [0.05, 0.1) is 16.8 Å². The fourth-order valence-corrected chi connectivity index (χ4v) is 2.85. The van der Waals surface area contributed by atoms with E-state index in [0.717, 1.165) is 25.3 Å². The Balaban J connectivity index is 2.25. The van der Waals surface area contributed by atoms with E-state index in [0.29, 0.717) is 5.57 Å². The van der Waals surface area contributed by atoms with Gasteiger partial charge in [0.1, 0.15) is 5.82 Å². The van der Waals surface area contributed by atoms with Crippen molar-refractivity contribution in [3.8, 4) is 0 Å². The molecule has 2 aliphatic rings. The van der Waals surface area contributed by atoms with Gasteiger partial charge in [-0.2, -0.15) is 0 Å². The molecule has 1 heterocycles. The van der Waals surface area contributed by atoms with Crippen LogP contribution in [0.25, 0.3) is 0 Å². The van der Waals surface area contributed by atoms with E-state index < -0.39 is 17.9 Å². The average Bonchev–Trinajstić information content (AvgIpc) is 3.44. The van der Waals surface area contributed by atoms with Crippen molar-refractivity contribution in [3.63, 3.8) is 0 Å². The third kappa shape index (κ3) is 4.47. The number of rotatable bonds is 8. The van der Waals surface area contributed by atoms with E-state index in [4.69, 9.17) is 10.8 Å². The first kappa shape index (κ1) is 19.6. The van der Waals surface area contributed by atoms with Crippen LogP contribution in [0, 0.1) is 16.7 Å². The SMILES string of the molecule is CN/C=C(\C=N)CNC(=O)/C(C=N)=C1/NC(C(F)F)=CC(C)(C2CC2)N1. The fourth-order valence-electron chi connectivity index (χ4n) is 2.85. The molecule has 26 heavy (non-hydrogen) atoms. The molecule has 1 aliphatic heterocycles. The van der Waals surface area contributed by atoms with Crippen molar-refractivity contribution in [2.45, 2.75) is 31.7 Å². The van der Waals surface area contributed by atoms with E-state index in [9.17, 15) is 13.6 Å². The molecule has 0 aromatic heterocycles. The standard InChI is InChI=1S/C17H24F2N6O/c1-17(11-3-4-11)5-13(14(18)19)24-15(25-17)12(7-21)16(26)23-9-10(6-20)8-22-2/h5-8,11,14,20-22,24-25H,3-4,9H2,1-2H3,(H,23,26)/b10-8+,15-12-,20-6?,21-7?. The smallest absolute Gasteiger partial charge is 0.278 e. The molecular weight excluding hydrogens is 342 g/mol. The minimum Gasteiger partial charge on any atom is -0.394 e. The first-order valence-corrected chi connectivity index (χ1v) is 8.30. The van der Waals surface area contributed by atoms with E-state index in [-0.39, 0.29) is 29.6 Å². The van der Waals surface area contributed by atoms with Crippen LogP contribution in [0.3, 0.4) is 0 Å². The summed E-state index contributed by atoms with van der Waals surface area (Å²) in [5.74, 6) is -0.280. The van der Waals surface area contributed by atoms with Gasteiger partial charge in [0.2, 0.25) is 0 Å². The lowest BCUT2D eigenvalue weighted by Gasteiger charge is -2.37. The maximum atomic E-state index is 13.3. The fraction of sp³-hybridized carbons (Fsp3) is 0.471. The monoisotopic (exact) mass is 366 g/mol. The number of amides is 1. The van der Waals surface area contributed by atoms with Gasteiger partial charge in [-0.1, -0.05) is 0 Å². The van der Waals surface area contributed by atoms with Crippen molar-refractivity contribution >= 4 is 18.3 Å². The van der Waals surface area contributed by atoms with Gasteiger partial charge in [0, 0.05) is 37.8 Å². The van der Waals surface area contributed by atoms with Crippen LogP contribution in [-0.4, -0.2) is 43.9 Å². The Morgan fingerprint density at radius 2 is 2.12 bits per heavy atom. The van der Waals surface area contributed by atoms with Crippen LogP contribution in [0.2, 0.25) is 0 Å². The maximum Gasteiger partial charge on any atom is 0.278 e. The number of alkyl halides is 2. The molecule has 1 aliphatic carbocycles. The topological polar surface area (TPSA) is 113 Å². The van der Waals surface area contributed by atoms with Crippen molar-refractivity contribution in [2.75, 3.05) is 13.6 Å². The second kappa shape index (κ2) is 8.11. The van der Waals surface area contributed by atoms with Crippen LogP contribution in [0.15, 0.2) is 34.9 Å². The van der Waals surface area contributed by atoms with E-state index in [1.165, 1.54) is 6.08 Å². The minimum atomic E-state index is -2.71. The lowest BCUT2D eigenvalue weighted by molar-refractivity contribution is -0.116. The molecule has 0 bridgehead atoms. The highest BCUT2D eigenvalue weighted by atomic mass is 19.3. The molecule has 142 valence electrons. The molecule has 1 saturated carbocycles. The number of carbonyl (C=O) groups is 1. The number of hydrogen-bond donors (Lipinski definition) is 6. The Morgan fingerprint density at radius 1 is 1.42 bits per heavy atom. The lowest BCUT2D eigenvalue weighted by Crippen LogP contribution is -2.52. The van der Waals surface area contributed by atoms with Gasteiger partial charge >= 0.3 is 0 Å². The maximum absolute atomic E-state index is 13.3. The summed E-state index contributed by atoms with van der Waals surface area (Å²) < 4.78 is 26.6. The number of carbonyl (C=O) groups excluding carboxylic acids is 1. The second-order valence-electron chi connectivity index (χ2n) is 6.48. The van der Waals surface area contributed by atoms with E-state index >= 15 is 0 Å². The van der Waals surface area contributed by atoms with Gasteiger partial charge < -0.3 is 32.1 Å². The summed E-state index contributed by atoms with van der Waals surface area (Å²) in [6.07, 6.45) is 4.10. The van der Waals surface area contributed by atoms with Gasteiger partial charge in [0.15, 0.2) is 0 Å². The second-order valence-corrected chi connectivity index (χ2v) is 6.48.